The maximum atomic E-state index is 12.0. The van der Waals surface area contributed by atoms with Crippen molar-refractivity contribution in [2.75, 3.05) is 29.9 Å². The van der Waals surface area contributed by atoms with Gasteiger partial charge in [0.25, 0.3) is 5.91 Å². The number of aryl methyl sites for hydroxylation is 2. The lowest BCUT2D eigenvalue weighted by Crippen LogP contribution is -2.22. The molecule has 2 rings (SSSR count). The zero-order valence-electron chi connectivity index (χ0n) is 14.9. The summed E-state index contributed by atoms with van der Waals surface area (Å²) in [5.74, 6) is 0.560. The summed E-state index contributed by atoms with van der Waals surface area (Å²) in [6, 6.07) is 13.8. The van der Waals surface area contributed by atoms with Gasteiger partial charge in [-0.2, -0.15) is 0 Å². The van der Waals surface area contributed by atoms with Crippen molar-refractivity contribution in [1.82, 2.24) is 0 Å². The van der Waals surface area contributed by atoms with Gasteiger partial charge in [0.1, 0.15) is 5.75 Å². The van der Waals surface area contributed by atoms with Crippen molar-refractivity contribution in [3.05, 3.63) is 53.6 Å². The third kappa shape index (κ3) is 5.01. The molecule has 0 saturated carbocycles. The van der Waals surface area contributed by atoms with E-state index in [2.05, 4.69) is 30.1 Å². The number of benzene rings is 2. The number of ether oxygens (including phenoxy) is 1. The lowest BCUT2D eigenvalue weighted by molar-refractivity contribution is -0.118. The highest BCUT2D eigenvalue weighted by atomic mass is 16.5. The summed E-state index contributed by atoms with van der Waals surface area (Å²) in [5.41, 5.74) is 4.18. The number of amides is 1. The molecule has 0 radical (unpaired) electrons. The number of hydrogen-bond donors (Lipinski definition) is 1. The molecule has 24 heavy (non-hydrogen) atoms. The van der Waals surface area contributed by atoms with Crippen LogP contribution in [0.3, 0.4) is 0 Å². The van der Waals surface area contributed by atoms with Gasteiger partial charge in [-0.3, -0.25) is 4.79 Å². The number of carbonyl (C=O) groups is 1. The first-order valence-corrected chi connectivity index (χ1v) is 8.37. The fourth-order valence-corrected chi connectivity index (χ4v) is 2.71. The molecule has 0 bridgehead atoms. The molecule has 0 saturated heterocycles. The smallest absolute Gasteiger partial charge is 0.262 e. The van der Waals surface area contributed by atoms with Gasteiger partial charge >= 0.3 is 0 Å². The molecular formula is C20H26N2O2. The topological polar surface area (TPSA) is 41.6 Å². The van der Waals surface area contributed by atoms with Crippen LogP contribution in [0.1, 0.15) is 25.0 Å². The second-order valence-electron chi connectivity index (χ2n) is 5.88. The minimum atomic E-state index is -0.162. The molecule has 128 valence electrons. The first-order chi connectivity index (χ1) is 11.5. The molecule has 4 nitrogen and oxygen atoms in total. The Morgan fingerprint density at radius 1 is 1.00 bits per heavy atom. The van der Waals surface area contributed by atoms with Gasteiger partial charge in [0.15, 0.2) is 6.61 Å². The predicted octanol–water partition coefficient (Wildman–Crippen LogP) is 4.17. The van der Waals surface area contributed by atoms with Gasteiger partial charge in [-0.25, -0.2) is 0 Å². The van der Waals surface area contributed by atoms with E-state index in [0.29, 0.717) is 0 Å². The molecule has 4 heteroatoms. The van der Waals surface area contributed by atoms with E-state index in [1.165, 1.54) is 0 Å². The minimum absolute atomic E-state index is 0.000684. The van der Waals surface area contributed by atoms with Crippen LogP contribution in [0.15, 0.2) is 42.5 Å². The Hall–Kier alpha value is -2.49. The molecule has 0 heterocycles. The monoisotopic (exact) mass is 326 g/mol. The van der Waals surface area contributed by atoms with E-state index < -0.39 is 0 Å². The summed E-state index contributed by atoms with van der Waals surface area (Å²) in [6.45, 7) is 10.2. The highest BCUT2D eigenvalue weighted by molar-refractivity contribution is 5.92. The maximum Gasteiger partial charge on any atom is 0.262 e. The maximum absolute atomic E-state index is 12.0. The fourth-order valence-electron chi connectivity index (χ4n) is 2.71. The van der Waals surface area contributed by atoms with E-state index in [-0.39, 0.29) is 12.5 Å². The van der Waals surface area contributed by atoms with E-state index in [1.807, 2.05) is 50.2 Å². The van der Waals surface area contributed by atoms with Gasteiger partial charge in [0.2, 0.25) is 0 Å². The number of rotatable bonds is 7. The summed E-state index contributed by atoms with van der Waals surface area (Å²) < 4.78 is 5.58. The third-order valence-electron chi connectivity index (χ3n) is 3.84. The minimum Gasteiger partial charge on any atom is -0.484 e. The van der Waals surface area contributed by atoms with Crippen molar-refractivity contribution in [3.63, 3.8) is 0 Å². The zero-order valence-corrected chi connectivity index (χ0v) is 14.9. The van der Waals surface area contributed by atoms with Crippen LogP contribution in [-0.2, 0) is 4.79 Å². The van der Waals surface area contributed by atoms with Gasteiger partial charge < -0.3 is 15.0 Å². The van der Waals surface area contributed by atoms with Crippen molar-refractivity contribution in [2.24, 2.45) is 0 Å². The summed E-state index contributed by atoms with van der Waals surface area (Å²) in [5, 5.41) is 2.86. The molecule has 0 unspecified atom stereocenters. The van der Waals surface area contributed by atoms with Crippen LogP contribution in [-0.4, -0.2) is 25.6 Å². The Labute approximate surface area is 144 Å². The largest absolute Gasteiger partial charge is 0.484 e. The number of carbonyl (C=O) groups excluding carboxylic acids is 1. The molecule has 0 aromatic heterocycles. The number of nitrogens with one attached hydrogen (secondary N) is 1. The van der Waals surface area contributed by atoms with Crippen LogP contribution in [0.25, 0.3) is 0 Å². The molecule has 0 aliphatic rings. The second kappa shape index (κ2) is 8.39. The molecule has 0 spiro atoms. The lowest BCUT2D eigenvalue weighted by Gasteiger charge is -2.21. The average molecular weight is 326 g/mol. The lowest BCUT2D eigenvalue weighted by atomic mass is 10.1. The van der Waals surface area contributed by atoms with E-state index in [9.17, 15) is 4.79 Å². The zero-order chi connectivity index (χ0) is 17.5. The van der Waals surface area contributed by atoms with Crippen LogP contribution >= 0.6 is 0 Å². The molecule has 0 aliphatic carbocycles. The van der Waals surface area contributed by atoms with Crippen LogP contribution in [0.5, 0.6) is 5.75 Å². The van der Waals surface area contributed by atoms with Gasteiger partial charge in [-0.15, -0.1) is 0 Å². The molecular weight excluding hydrogens is 300 g/mol. The van der Waals surface area contributed by atoms with Crippen molar-refractivity contribution in [2.45, 2.75) is 27.7 Å². The first-order valence-electron chi connectivity index (χ1n) is 8.37. The van der Waals surface area contributed by atoms with Crippen LogP contribution < -0.4 is 15.0 Å². The third-order valence-corrected chi connectivity index (χ3v) is 3.84. The number of hydrogen-bond acceptors (Lipinski definition) is 3. The molecule has 0 aliphatic heterocycles. The van der Waals surface area contributed by atoms with Gasteiger partial charge in [0, 0.05) is 24.5 Å². The van der Waals surface area contributed by atoms with E-state index >= 15 is 0 Å². The number of anilines is 2. The molecule has 0 fully saturated rings. The van der Waals surface area contributed by atoms with E-state index in [0.717, 1.165) is 41.3 Å². The SMILES string of the molecule is CCN(CC)c1ccc(NC(=O)COc2cc(C)cc(C)c2)cc1. The van der Waals surface area contributed by atoms with Gasteiger partial charge in [0.05, 0.1) is 0 Å². The Kier molecular flexibility index (Phi) is 6.24. The quantitative estimate of drug-likeness (QED) is 0.830. The second-order valence-corrected chi connectivity index (χ2v) is 5.88. The highest BCUT2D eigenvalue weighted by Crippen LogP contribution is 2.18. The summed E-state index contributed by atoms with van der Waals surface area (Å²) in [4.78, 5) is 14.3. The van der Waals surface area contributed by atoms with E-state index in [4.69, 9.17) is 4.74 Å². The number of nitrogens with zero attached hydrogens (tertiary/aromatic N) is 1. The Morgan fingerprint density at radius 2 is 1.58 bits per heavy atom. The standard InChI is InChI=1S/C20H26N2O2/c1-5-22(6-2)18-9-7-17(8-10-18)21-20(23)14-24-19-12-15(3)11-16(4)13-19/h7-13H,5-6,14H2,1-4H3,(H,21,23). The summed E-state index contributed by atoms with van der Waals surface area (Å²) in [7, 11) is 0. The van der Waals surface area contributed by atoms with Gasteiger partial charge in [-0.1, -0.05) is 6.07 Å². The van der Waals surface area contributed by atoms with E-state index in [1.54, 1.807) is 0 Å². The van der Waals surface area contributed by atoms with Crippen LogP contribution in [0.2, 0.25) is 0 Å². The summed E-state index contributed by atoms with van der Waals surface area (Å²) in [6.07, 6.45) is 0. The van der Waals surface area contributed by atoms with Gasteiger partial charge in [-0.05, 0) is 75.2 Å². The van der Waals surface area contributed by atoms with Crippen molar-refractivity contribution >= 4 is 17.3 Å². The molecule has 1 N–H and O–H groups in total. The van der Waals surface area contributed by atoms with Crippen molar-refractivity contribution < 1.29 is 9.53 Å². The van der Waals surface area contributed by atoms with Crippen LogP contribution in [0.4, 0.5) is 11.4 Å². The van der Waals surface area contributed by atoms with Crippen molar-refractivity contribution in [1.29, 1.82) is 0 Å². The fraction of sp³-hybridized carbons (Fsp3) is 0.350. The Morgan fingerprint density at radius 3 is 2.12 bits per heavy atom. The average Bonchev–Trinajstić information content (AvgIpc) is 2.55. The Bertz CT molecular complexity index is 656. The first kappa shape index (κ1) is 17.9. The molecule has 1 amide bonds. The highest BCUT2D eigenvalue weighted by Gasteiger charge is 2.06. The predicted molar refractivity (Wildman–Crippen MR) is 100 cm³/mol. The molecule has 2 aromatic carbocycles. The normalized spacial score (nSPS) is 10.3. The Balaban J connectivity index is 1.90. The van der Waals surface area contributed by atoms with Crippen LogP contribution in [0, 0.1) is 13.8 Å². The summed E-state index contributed by atoms with van der Waals surface area (Å²) >= 11 is 0. The molecule has 0 atom stereocenters. The molecule has 2 aromatic rings. The van der Waals surface area contributed by atoms with Crippen molar-refractivity contribution in [3.8, 4) is 5.75 Å².